The lowest BCUT2D eigenvalue weighted by molar-refractivity contribution is 0.174. The number of hydrogen-bond acceptors (Lipinski definition) is 6. The molecule has 0 unspecified atom stereocenters. The van der Waals surface area contributed by atoms with E-state index >= 15 is 0 Å². The van der Waals surface area contributed by atoms with Gasteiger partial charge in [0.1, 0.15) is 5.82 Å². The van der Waals surface area contributed by atoms with Gasteiger partial charge < -0.3 is 9.47 Å². The fourth-order valence-corrected chi connectivity index (χ4v) is 3.99. The molecule has 5 rings (SSSR count). The first-order chi connectivity index (χ1) is 12.8. The van der Waals surface area contributed by atoms with Crippen molar-refractivity contribution < 1.29 is 13.9 Å². The van der Waals surface area contributed by atoms with Crippen LogP contribution in [0, 0.1) is 5.82 Å². The second kappa shape index (κ2) is 6.30. The van der Waals surface area contributed by atoms with Gasteiger partial charge in [-0.1, -0.05) is 17.8 Å². The highest BCUT2D eigenvalue weighted by Gasteiger charge is 2.23. The lowest BCUT2D eigenvalue weighted by Gasteiger charge is -2.27. The van der Waals surface area contributed by atoms with E-state index in [0.29, 0.717) is 6.67 Å². The summed E-state index contributed by atoms with van der Waals surface area (Å²) in [6.07, 6.45) is 0. The molecule has 2 aliphatic rings. The molecular formula is C18H15FN4O2S. The number of hydrogen-bond donors (Lipinski definition) is 0. The standard InChI is InChI=1S/C18H15FN4O2S/c19-14-4-2-13(3-5-14)17-20-21-18-23(17)9-22(10-26-18)8-12-1-6-15-16(7-12)25-11-24-15/h1-7H,8-11H2. The van der Waals surface area contributed by atoms with Gasteiger partial charge in [0.25, 0.3) is 0 Å². The largest absolute Gasteiger partial charge is 0.454 e. The van der Waals surface area contributed by atoms with Gasteiger partial charge in [-0.15, -0.1) is 10.2 Å². The molecule has 8 heteroatoms. The maximum atomic E-state index is 13.2. The smallest absolute Gasteiger partial charge is 0.231 e. The van der Waals surface area contributed by atoms with Crippen LogP contribution in [0.25, 0.3) is 11.4 Å². The van der Waals surface area contributed by atoms with Crippen molar-refractivity contribution in [3.05, 3.63) is 53.8 Å². The Labute approximate surface area is 153 Å². The van der Waals surface area contributed by atoms with Gasteiger partial charge >= 0.3 is 0 Å². The third kappa shape index (κ3) is 2.81. The number of ether oxygens (including phenoxy) is 2. The predicted molar refractivity (Wildman–Crippen MR) is 94.2 cm³/mol. The van der Waals surface area contributed by atoms with Crippen LogP contribution in [0.4, 0.5) is 4.39 Å². The topological polar surface area (TPSA) is 52.4 Å². The van der Waals surface area contributed by atoms with Crippen molar-refractivity contribution in [1.29, 1.82) is 0 Å². The molecule has 0 saturated heterocycles. The summed E-state index contributed by atoms with van der Waals surface area (Å²) in [7, 11) is 0. The van der Waals surface area contributed by atoms with Gasteiger partial charge in [-0.2, -0.15) is 0 Å². The van der Waals surface area contributed by atoms with E-state index in [1.807, 2.05) is 12.1 Å². The van der Waals surface area contributed by atoms with Gasteiger partial charge in [-0.25, -0.2) is 4.39 Å². The first kappa shape index (κ1) is 15.7. The fourth-order valence-electron chi connectivity index (χ4n) is 3.12. The highest BCUT2D eigenvalue weighted by Crippen LogP contribution is 2.34. The molecule has 0 aliphatic carbocycles. The van der Waals surface area contributed by atoms with E-state index in [4.69, 9.17) is 9.47 Å². The Hall–Kier alpha value is -2.58. The Kier molecular flexibility index (Phi) is 3.79. The summed E-state index contributed by atoms with van der Waals surface area (Å²) in [5.74, 6) is 2.91. The molecule has 6 nitrogen and oxygen atoms in total. The molecule has 3 aromatic rings. The average molecular weight is 370 g/mol. The van der Waals surface area contributed by atoms with Crippen molar-refractivity contribution in [2.75, 3.05) is 12.7 Å². The number of benzene rings is 2. The van der Waals surface area contributed by atoms with Crippen molar-refractivity contribution in [3.63, 3.8) is 0 Å². The highest BCUT2D eigenvalue weighted by atomic mass is 32.2. The van der Waals surface area contributed by atoms with E-state index < -0.39 is 0 Å². The molecule has 26 heavy (non-hydrogen) atoms. The van der Waals surface area contributed by atoms with E-state index in [-0.39, 0.29) is 12.6 Å². The molecule has 0 amide bonds. The Bertz CT molecular complexity index is 960. The average Bonchev–Trinajstić information content (AvgIpc) is 3.28. The zero-order chi connectivity index (χ0) is 17.5. The maximum absolute atomic E-state index is 13.2. The number of aromatic nitrogens is 3. The molecular weight excluding hydrogens is 355 g/mol. The van der Waals surface area contributed by atoms with Crippen molar-refractivity contribution in [3.8, 4) is 22.9 Å². The maximum Gasteiger partial charge on any atom is 0.231 e. The molecule has 132 valence electrons. The predicted octanol–water partition coefficient (Wildman–Crippen LogP) is 3.34. The summed E-state index contributed by atoms with van der Waals surface area (Å²) >= 11 is 1.65. The monoisotopic (exact) mass is 370 g/mol. The molecule has 2 aliphatic heterocycles. The molecule has 0 bridgehead atoms. The van der Waals surface area contributed by atoms with Crippen LogP contribution in [-0.2, 0) is 13.2 Å². The van der Waals surface area contributed by atoms with Crippen LogP contribution in [0.1, 0.15) is 5.56 Å². The summed E-state index contributed by atoms with van der Waals surface area (Å²) < 4.78 is 26.1. The van der Waals surface area contributed by atoms with Gasteiger partial charge in [-0.3, -0.25) is 9.47 Å². The summed E-state index contributed by atoms with van der Waals surface area (Å²) in [6.45, 7) is 1.74. The Morgan fingerprint density at radius 1 is 1.04 bits per heavy atom. The minimum atomic E-state index is -0.258. The summed E-state index contributed by atoms with van der Waals surface area (Å²) in [5, 5.41) is 9.44. The third-order valence-electron chi connectivity index (χ3n) is 4.38. The molecule has 2 aromatic carbocycles. The van der Waals surface area contributed by atoms with Gasteiger partial charge in [0, 0.05) is 12.1 Å². The molecule has 0 saturated carbocycles. The van der Waals surface area contributed by atoms with E-state index in [0.717, 1.165) is 46.0 Å². The van der Waals surface area contributed by atoms with Gasteiger partial charge in [0.2, 0.25) is 6.79 Å². The number of thioether (sulfide) groups is 1. The first-order valence-corrected chi connectivity index (χ1v) is 9.18. The Morgan fingerprint density at radius 2 is 1.88 bits per heavy atom. The van der Waals surface area contributed by atoms with Gasteiger partial charge in [0.15, 0.2) is 22.5 Å². The molecule has 0 N–H and O–H groups in total. The lowest BCUT2D eigenvalue weighted by atomic mass is 10.2. The normalized spacial score (nSPS) is 15.9. The highest BCUT2D eigenvalue weighted by molar-refractivity contribution is 7.99. The van der Waals surface area contributed by atoms with E-state index in [2.05, 4.69) is 25.7 Å². The molecule has 0 atom stereocenters. The molecule has 3 heterocycles. The quantitative estimate of drug-likeness (QED) is 0.705. The third-order valence-corrected chi connectivity index (χ3v) is 5.43. The van der Waals surface area contributed by atoms with Crippen molar-refractivity contribution in [2.24, 2.45) is 0 Å². The molecule has 0 fully saturated rings. The van der Waals surface area contributed by atoms with Crippen LogP contribution in [0.3, 0.4) is 0 Å². The minimum Gasteiger partial charge on any atom is -0.454 e. The Balaban J connectivity index is 1.38. The molecule has 0 radical (unpaired) electrons. The summed E-state index contributed by atoms with van der Waals surface area (Å²) in [5.41, 5.74) is 2.02. The zero-order valence-electron chi connectivity index (χ0n) is 13.8. The summed E-state index contributed by atoms with van der Waals surface area (Å²) in [6, 6.07) is 12.4. The molecule has 0 spiro atoms. The second-order valence-electron chi connectivity index (χ2n) is 6.17. The zero-order valence-corrected chi connectivity index (χ0v) is 14.6. The van der Waals surface area contributed by atoms with Crippen molar-refractivity contribution >= 4 is 11.8 Å². The summed E-state index contributed by atoms with van der Waals surface area (Å²) in [4.78, 5) is 2.30. The van der Waals surface area contributed by atoms with Crippen LogP contribution in [-0.4, -0.2) is 32.3 Å². The van der Waals surface area contributed by atoms with E-state index in [1.165, 1.54) is 12.1 Å². The number of nitrogens with zero attached hydrogens (tertiary/aromatic N) is 4. The SMILES string of the molecule is Fc1ccc(-c2nnc3n2CN(Cc2ccc4c(c2)OCO4)CS3)cc1. The van der Waals surface area contributed by atoms with E-state index in [1.54, 1.807) is 23.9 Å². The van der Waals surface area contributed by atoms with Crippen LogP contribution in [0.2, 0.25) is 0 Å². The molecule has 1 aromatic heterocycles. The minimum absolute atomic E-state index is 0.258. The van der Waals surface area contributed by atoms with Crippen LogP contribution in [0.15, 0.2) is 47.6 Å². The van der Waals surface area contributed by atoms with Crippen molar-refractivity contribution in [2.45, 2.75) is 18.4 Å². The van der Waals surface area contributed by atoms with Crippen molar-refractivity contribution in [1.82, 2.24) is 19.7 Å². The number of rotatable bonds is 3. The first-order valence-electron chi connectivity index (χ1n) is 8.19. The Morgan fingerprint density at radius 3 is 2.77 bits per heavy atom. The number of fused-ring (bicyclic) bond motifs is 2. The second-order valence-corrected chi connectivity index (χ2v) is 7.08. The van der Waals surface area contributed by atoms with E-state index in [9.17, 15) is 4.39 Å². The fraction of sp³-hybridized carbons (Fsp3) is 0.222. The van der Waals surface area contributed by atoms with Gasteiger partial charge in [-0.05, 0) is 42.0 Å². The van der Waals surface area contributed by atoms with Gasteiger partial charge in [0.05, 0.1) is 12.5 Å². The number of halogens is 1. The lowest BCUT2D eigenvalue weighted by Crippen LogP contribution is -2.30. The van der Waals surface area contributed by atoms with Crippen LogP contribution >= 0.6 is 11.8 Å². The van der Waals surface area contributed by atoms with Crippen LogP contribution < -0.4 is 9.47 Å². The van der Waals surface area contributed by atoms with Crippen LogP contribution in [0.5, 0.6) is 11.5 Å².